The second-order valence-electron chi connectivity index (χ2n) is 7.84. The highest BCUT2D eigenvalue weighted by Gasteiger charge is 2.20. The standard InChI is InChI=1S/C22H24ClN5O2S/c1-22(2,3)15-11-9-14(10-12-15)19-26-27-21(31-13-18(29)25-20(30)24-4)28(19)17-8-6-5-7-16(17)23/h5-12H,13H2,1-4H3,(H2,24,25,29,30). The molecule has 1 aromatic heterocycles. The van der Waals surface area contributed by atoms with Crippen molar-refractivity contribution in [2.24, 2.45) is 0 Å². The predicted octanol–water partition coefficient (Wildman–Crippen LogP) is 4.43. The third kappa shape index (κ3) is 5.45. The smallest absolute Gasteiger partial charge is 0.321 e. The summed E-state index contributed by atoms with van der Waals surface area (Å²) < 4.78 is 1.83. The van der Waals surface area contributed by atoms with Crippen LogP contribution in [0.2, 0.25) is 5.02 Å². The van der Waals surface area contributed by atoms with E-state index in [0.29, 0.717) is 21.7 Å². The molecule has 0 radical (unpaired) electrons. The lowest BCUT2D eigenvalue weighted by molar-refractivity contribution is -0.117. The van der Waals surface area contributed by atoms with Crippen LogP contribution < -0.4 is 10.6 Å². The third-order valence-corrected chi connectivity index (χ3v) is 5.80. The Bertz CT molecular complexity index is 1090. The maximum atomic E-state index is 12.0. The molecule has 0 saturated carbocycles. The summed E-state index contributed by atoms with van der Waals surface area (Å²) in [4.78, 5) is 23.4. The first-order valence-corrected chi connectivity index (χ1v) is 11.0. The Kier molecular flexibility index (Phi) is 7.02. The van der Waals surface area contributed by atoms with Crippen molar-refractivity contribution in [3.63, 3.8) is 0 Å². The number of carbonyl (C=O) groups is 2. The van der Waals surface area contributed by atoms with Gasteiger partial charge in [0, 0.05) is 12.6 Å². The first-order chi connectivity index (χ1) is 14.7. The number of thioether (sulfide) groups is 1. The summed E-state index contributed by atoms with van der Waals surface area (Å²) >= 11 is 7.64. The van der Waals surface area contributed by atoms with E-state index in [1.165, 1.54) is 24.4 Å². The van der Waals surface area contributed by atoms with E-state index < -0.39 is 11.9 Å². The van der Waals surface area contributed by atoms with Crippen molar-refractivity contribution < 1.29 is 9.59 Å². The van der Waals surface area contributed by atoms with Crippen LogP contribution in [0.3, 0.4) is 0 Å². The minimum atomic E-state index is -0.558. The lowest BCUT2D eigenvalue weighted by atomic mass is 9.87. The van der Waals surface area contributed by atoms with Crippen molar-refractivity contribution >= 4 is 35.3 Å². The van der Waals surface area contributed by atoms with Gasteiger partial charge in [-0.3, -0.25) is 14.7 Å². The van der Waals surface area contributed by atoms with E-state index in [2.05, 4.69) is 53.7 Å². The molecule has 3 amide bonds. The van der Waals surface area contributed by atoms with Gasteiger partial charge in [-0.05, 0) is 23.1 Å². The van der Waals surface area contributed by atoms with Gasteiger partial charge >= 0.3 is 6.03 Å². The van der Waals surface area contributed by atoms with Gasteiger partial charge in [0.1, 0.15) is 0 Å². The Labute approximate surface area is 190 Å². The summed E-state index contributed by atoms with van der Waals surface area (Å²) in [6.45, 7) is 6.48. The minimum absolute atomic E-state index is 0.00102. The number of carbonyl (C=O) groups excluding carboxylic acids is 2. The number of para-hydroxylation sites is 1. The first kappa shape index (κ1) is 22.8. The maximum absolute atomic E-state index is 12.0. The molecule has 2 aromatic carbocycles. The number of hydrogen-bond acceptors (Lipinski definition) is 5. The van der Waals surface area contributed by atoms with Gasteiger partial charge in [-0.2, -0.15) is 0 Å². The molecule has 0 aliphatic carbocycles. The van der Waals surface area contributed by atoms with Crippen LogP contribution in [-0.2, 0) is 10.2 Å². The van der Waals surface area contributed by atoms with Gasteiger partial charge in [0.25, 0.3) is 0 Å². The lowest BCUT2D eigenvalue weighted by Gasteiger charge is -2.19. The Hall–Kier alpha value is -2.84. The molecule has 7 nitrogen and oxygen atoms in total. The van der Waals surface area contributed by atoms with Crippen LogP contribution in [0.1, 0.15) is 26.3 Å². The molecular weight excluding hydrogens is 434 g/mol. The quantitative estimate of drug-likeness (QED) is 0.553. The van der Waals surface area contributed by atoms with Crippen LogP contribution in [0.5, 0.6) is 0 Å². The Morgan fingerprint density at radius 3 is 2.35 bits per heavy atom. The van der Waals surface area contributed by atoms with Crippen molar-refractivity contribution in [3.05, 3.63) is 59.1 Å². The van der Waals surface area contributed by atoms with Crippen molar-refractivity contribution in [3.8, 4) is 17.1 Å². The number of rotatable bonds is 5. The predicted molar refractivity (Wildman–Crippen MR) is 124 cm³/mol. The van der Waals surface area contributed by atoms with Gasteiger partial charge in [-0.1, -0.05) is 80.5 Å². The second kappa shape index (κ2) is 9.53. The number of benzene rings is 2. The SMILES string of the molecule is CNC(=O)NC(=O)CSc1nnc(-c2ccc(C(C)(C)C)cc2)n1-c1ccccc1Cl. The highest BCUT2D eigenvalue weighted by molar-refractivity contribution is 7.99. The lowest BCUT2D eigenvalue weighted by Crippen LogP contribution is -2.38. The van der Waals surface area contributed by atoms with Crippen molar-refractivity contribution in [1.82, 2.24) is 25.4 Å². The normalized spacial score (nSPS) is 11.3. The average Bonchev–Trinajstić information content (AvgIpc) is 3.15. The Balaban J connectivity index is 1.98. The Morgan fingerprint density at radius 2 is 1.74 bits per heavy atom. The second-order valence-corrected chi connectivity index (χ2v) is 9.19. The zero-order valence-corrected chi connectivity index (χ0v) is 19.3. The molecule has 1 heterocycles. The summed E-state index contributed by atoms with van der Waals surface area (Å²) in [5.74, 6) is 0.177. The maximum Gasteiger partial charge on any atom is 0.321 e. The molecule has 0 atom stereocenters. The van der Waals surface area contributed by atoms with E-state index in [9.17, 15) is 9.59 Å². The van der Waals surface area contributed by atoms with Crippen LogP contribution in [0.25, 0.3) is 17.1 Å². The topological polar surface area (TPSA) is 88.9 Å². The van der Waals surface area contributed by atoms with Gasteiger partial charge < -0.3 is 5.32 Å². The van der Waals surface area contributed by atoms with Gasteiger partial charge in [0.2, 0.25) is 5.91 Å². The number of imide groups is 1. The zero-order valence-electron chi connectivity index (χ0n) is 17.8. The molecule has 0 saturated heterocycles. The molecule has 162 valence electrons. The molecule has 0 spiro atoms. The molecule has 31 heavy (non-hydrogen) atoms. The van der Waals surface area contributed by atoms with E-state index in [-0.39, 0.29) is 11.2 Å². The van der Waals surface area contributed by atoms with E-state index in [4.69, 9.17) is 11.6 Å². The molecule has 0 unspecified atom stereocenters. The zero-order chi connectivity index (χ0) is 22.6. The number of halogens is 1. The van der Waals surface area contributed by atoms with Crippen molar-refractivity contribution in [1.29, 1.82) is 0 Å². The Morgan fingerprint density at radius 1 is 1.06 bits per heavy atom. The average molecular weight is 458 g/mol. The van der Waals surface area contributed by atoms with Crippen LogP contribution in [-0.4, -0.2) is 39.5 Å². The molecule has 9 heteroatoms. The summed E-state index contributed by atoms with van der Waals surface area (Å²) in [6.07, 6.45) is 0. The summed E-state index contributed by atoms with van der Waals surface area (Å²) in [5, 5.41) is 14.3. The van der Waals surface area contributed by atoms with E-state index in [1.54, 1.807) is 6.07 Å². The van der Waals surface area contributed by atoms with Crippen molar-refractivity contribution in [2.45, 2.75) is 31.3 Å². The van der Waals surface area contributed by atoms with Gasteiger partial charge in [0.05, 0.1) is 16.5 Å². The molecular formula is C22H24ClN5O2S. The largest absolute Gasteiger partial charge is 0.341 e. The molecule has 0 fully saturated rings. The molecule has 3 rings (SSSR count). The fraction of sp³-hybridized carbons (Fsp3) is 0.273. The van der Waals surface area contributed by atoms with Gasteiger partial charge in [-0.15, -0.1) is 10.2 Å². The summed E-state index contributed by atoms with van der Waals surface area (Å²) in [7, 11) is 1.45. The summed E-state index contributed by atoms with van der Waals surface area (Å²) in [6, 6.07) is 15.0. The number of amides is 3. The molecule has 0 aliphatic heterocycles. The number of nitrogens with one attached hydrogen (secondary N) is 2. The first-order valence-electron chi connectivity index (χ1n) is 9.66. The van der Waals surface area contributed by atoms with E-state index in [1.807, 2.05) is 34.9 Å². The van der Waals surface area contributed by atoms with E-state index >= 15 is 0 Å². The number of urea groups is 1. The van der Waals surface area contributed by atoms with E-state index in [0.717, 1.165) is 5.56 Å². The molecule has 0 aliphatic rings. The van der Waals surface area contributed by atoms with Crippen molar-refractivity contribution in [2.75, 3.05) is 12.8 Å². The molecule has 2 N–H and O–H groups in total. The van der Waals surface area contributed by atoms with Crippen LogP contribution in [0.4, 0.5) is 4.79 Å². The summed E-state index contributed by atoms with van der Waals surface area (Å²) in [5.41, 5.74) is 2.83. The highest BCUT2D eigenvalue weighted by Crippen LogP contribution is 2.32. The fourth-order valence-electron chi connectivity index (χ4n) is 2.88. The number of aromatic nitrogens is 3. The third-order valence-electron chi connectivity index (χ3n) is 4.55. The van der Waals surface area contributed by atoms with Gasteiger partial charge in [-0.25, -0.2) is 4.79 Å². The molecule has 0 bridgehead atoms. The van der Waals surface area contributed by atoms with Gasteiger partial charge in [0.15, 0.2) is 11.0 Å². The number of nitrogens with zero attached hydrogens (tertiary/aromatic N) is 3. The van der Waals surface area contributed by atoms with Crippen LogP contribution in [0, 0.1) is 0 Å². The minimum Gasteiger partial charge on any atom is -0.341 e. The highest BCUT2D eigenvalue weighted by atomic mass is 35.5. The fourth-order valence-corrected chi connectivity index (χ4v) is 3.84. The molecule has 3 aromatic rings. The van der Waals surface area contributed by atoms with Crippen LogP contribution >= 0.6 is 23.4 Å². The monoisotopic (exact) mass is 457 g/mol. The number of hydrogen-bond donors (Lipinski definition) is 2. The van der Waals surface area contributed by atoms with Crippen LogP contribution in [0.15, 0.2) is 53.7 Å².